The van der Waals surface area contributed by atoms with Crippen LogP contribution in [0.15, 0.2) is 18.2 Å². The summed E-state index contributed by atoms with van der Waals surface area (Å²) in [6.45, 7) is 4.26. The van der Waals surface area contributed by atoms with Crippen LogP contribution in [0.5, 0.6) is 5.75 Å². The third-order valence-electron chi connectivity index (χ3n) is 4.66. The number of aliphatic hydroxyl groups excluding tert-OH is 1. The van der Waals surface area contributed by atoms with Crippen LogP contribution in [0.4, 0.5) is 0 Å². The molecule has 1 saturated carbocycles. The minimum Gasteiger partial charge on any atom is -0.497 e. The van der Waals surface area contributed by atoms with Gasteiger partial charge in [-0.3, -0.25) is 0 Å². The van der Waals surface area contributed by atoms with E-state index in [1.54, 1.807) is 7.11 Å². The number of benzene rings is 1. The van der Waals surface area contributed by atoms with Gasteiger partial charge in [-0.25, -0.2) is 0 Å². The van der Waals surface area contributed by atoms with Crippen molar-refractivity contribution in [1.29, 1.82) is 0 Å². The topological polar surface area (TPSA) is 29.5 Å². The van der Waals surface area contributed by atoms with E-state index in [1.165, 1.54) is 12.8 Å². The van der Waals surface area contributed by atoms with Crippen molar-refractivity contribution >= 4 is 0 Å². The zero-order chi connectivity index (χ0) is 13.2. The first-order chi connectivity index (χ1) is 8.63. The van der Waals surface area contributed by atoms with Crippen molar-refractivity contribution in [2.45, 2.75) is 52.1 Å². The van der Waals surface area contributed by atoms with Crippen LogP contribution in [0.2, 0.25) is 0 Å². The molecule has 1 fully saturated rings. The molecule has 1 aromatic carbocycles. The Bertz CT molecular complexity index is 406. The normalized spacial score (nSPS) is 19.8. The van der Waals surface area contributed by atoms with Crippen molar-refractivity contribution in [2.75, 3.05) is 7.11 Å². The van der Waals surface area contributed by atoms with Crippen molar-refractivity contribution in [3.63, 3.8) is 0 Å². The summed E-state index contributed by atoms with van der Waals surface area (Å²) in [6, 6.07) is 5.98. The Hall–Kier alpha value is -1.02. The van der Waals surface area contributed by atoms with Gasteiger partial charge in [-0.15, -0.1) is 0 Å². The molecule has 1 aliphatic rings. The molecule has 0 amide bonds. The first kappa shape index (κ1) is 13.4. The molecule has 1 atom stereocenters. The van der Waals surface area contributed by atoms with E-state index < -0.39 is 0 Å². The van der Waals surface area contributed by atoms with E-state index in [4.69, 9.17) is 4.74 Å². The van der Waals surface area contributed by atoms with Gasteiger partial charge in [0.05, 0.1) is 13.2 Å². The van der Waals surface area contributed by atoms with Crippen LogP contribution >= 0.6 is 0 Å². The average Bonchev–Trinajstić information content (AvgIpc) is 2.87. The first-order valence-electron chi connectivity index (χ1n) is 6.95. The Balaban J connectivity index is 2.30. The number of hydrogen-bond donors (Lipinski definition) is 1. The molecule has 1 unspecified atom stereocenters. The van der Waals surface area contributed by atoms with E-state index >= 15 is 0 Å². The molecule has 1 aliphatic carbocycles. The van der Waals surface area contributed by atoms with Crippen molar-refractivity contribution in [3.8, 4) is 5.75 Å². The molecule has 0 heterocycles. The molecule has 0 aliphatic heterocycles. The highest BCUT2D eigenvalue weighted by Gasteiger charge is 2.40. The van der Waals surface area contributed by atoms with Gasteiger partial charge < -0.3 is 9.84 Å². The molecular weight excluding hydrogens is 224 g/mol. The van der Waals surface area contributed by atoms with Gasteiger partial charge in [-0.2, -0.15) is 0 Å². The molecule has 18 heavy (non-hydrogen) atoms. The highest BCUT2D eigenvalue weighted by atomic mass is 16.5. The Morgan fingerprint density at radius 1 is 1.33 bits per heavy atom. The van der Waals surface area contributed by atoms with Crippen LogP contribution < -0.4 is 4.74 Å². The molecule has 2 rings (SSSR count). The summed E-state index contributed by atoms with van der Waals surface area (Å²) in [4.78, 5) is 0. The molecule has 0 spiro atoms. The number of aliphatic hydroxyl groups is 1. The molecule has 2 nitrogen and oxygen atoms in total. The van der Waals surface area contributed by atoms with Gasteiger partial charge in [0.2, 0.25) is 0 Å². The lowest BCUT2D eigenvalue weighted by Crippen LogP contribution is -2.25. The second-order valence-electron chi connectivity index (χ2n) is 5.55. The Morgan fingerprint density at radius 2 is 2.00 bits per heavy atom. The van der Waals surface area contributed by atoms with E-state index in [9.17, 15) is 5.11 Å². The first-order valence-corrected chi connectivity index (χ1v) is 6.95. The summed E-state index contributed by atoms with van der Waals surface area (Å²) in [5.74, 6) is 0.862. The lowest BCUT2D eigenvalue weighted by atomic mass is 9.74. The molecule has 0 radical (unpaired) electrons. The van der Waals surface area contributed by atoms with Gasteiger partial charge >= 0.3 is 0 Å². The summed E-state index contributed by atoms with van der Waals surface area (Å²) in [6.07, 6.45) is 5.52. The molecule has 1 aromatic rings. The van der Waals surface area contributed by atoms with Gasteiger partial charge in [0.15, 0.2) is 0 Å². The zero-order valence-corrected chi connectivity index (χ0v) is 11.7. The molecule has 1 N–H and O–H groups in total. The van der Waals surface area contributed by atoms with Crippen LogP contribution in [0.25, 0.3) is 0 Å². The maximum atomic E-state index is 10.8. The maximum Gasteiger partial charge on any atom is 0.119 e. The Labute approximate surface area is 110 Å². The zero-order valence-electron chi connectivity index (χ0n) is 11.7. The molecule has 0 bridgehead atoms. The fourth-order valence-electron chi connectivity index (χ4n) is 3.31. The average molecular weight is 248 g/mol. The lowest BCUT2D eigenvalue weighted by molar-refractivity contribution is 0.0233. The summed E-state index contributed by atoms with van der Waals surface area (Å²) in [5, 5.41) is 10.8. The quantitative estimate of drug-likeness (QED) is 0.872. The van der Waals surface area contributed by atoms with Crippen LogP contribution in [0, 0.1) is 12.3 Å². The fourth-order valence-corrected chi connectivity index (χ4v) is 3.31. The van der Waals surface area contributed by atoms with Gasteiger partial charge in [-0.05, 0) is 49.4 Å². The standard InChI is InChI=1S/C16H24O2/c1-4-16(9-5-6-10-16)15(17)14-8-7-13(18-3)11-12(14)2/h7-8,11,15,17H,4-6,9-10H2,1-3H3. The maximum absolute atomic E-state index is 10.8. The minimum absolute atomic E-state index is 0.0966. The number of aryl methyl sites for hydroxylation is 1. The smallest absolute Gasteiger partial charge is 0.119 e. The third-order valence-corrected chi connectivity index (χ3v) is 4.66. The van der Waals surface area contributed by atoms with Crippen molar-refractivity contribution in [2.24, 2.45) is 5.41 Å². The SMILES string of the molecule is CCC1(C(O)c2ccc(OC)cc2C)CCCC1. The van der Waals surface area contributed by atoms with Crippen LogP contribution in [-0.2, 0) is 0 Å². The second kappa shape index (κ2) is 5.31. The fraction of sp³-hybridized carbons (Fsp3) is 0.625. The van der Waals surface area contributed by atoms with Crippen LogP contribution in [0.3, 0.4) is 0 Å². The van der Waals surface area contributed by atoms with Crippen LogP contribution in [0.1, 0.15) is 56.3 Å². The number of rotatable bonds is 4. The highest BCUT2D eigenvalue weighted by Crippen LogP contribution is 2.50. The Kier molecular flexibility index (Phi) is 3.96. The minimum atomic E-state index is -0.337. The number of hydrogen-bond acceptors (Lipinski definition) is 2. The Morgan fingerprint density at radius 3 is 2.50 bits per heavy atom. The second-order valence-corrected chi connectivity index (χ2v) is 5.55. The lowest BCUT2D eigenvalue weighted by Gasteiger charge is -2.34. The summed E-state index contributed by atoms with van der Waals surface area (Å²) in [7, 11) is 1.68. The van der Waals surface area contributed by atoms with Crippen LogP contribution in [-0.4, -0.2) is 12.2 Å². The van der Waals surface area contributed by atoms with Gasteiger partial charge in [0.25, 0.3) is 0 Å². The van der Waals surface area contributed by atoms with E-state index in [0.29, 0.717) is 0 Å². The van der Waals surface area contributed by atoms with Gasteiger partial charge in [0.1, 0.15) is 5.75 Å². The summed E-state index contributed by atoms with van der Waals surface area (Å²) in [5.41, 5.74) is 2.29. The van der Waals surface area contributed by atoms with E-state index in [1.807, 2.05) is 18.2 Å². The monoisotopic (exact) mass is 248 g/mol. The number of methoxy groups -OCH3 is 1. The van der Waals surface area contributed by atoms with Crippen molar-refractivity contribution in [1.82, 2.24) is 0 Å². The molecule has 2 heteroatoms. The van der Waals surface area contributed by atoms with Crippen molar-refractivity contribution in [3.05, 3.63) is 29.3 Å². The summed E-state index contributed by atoms with van der Waals surface area (Å²) < 4.78 is 5.23. The van der Waals surface area contributed by atoms with Crippen molar-refractivity contribution < 1.29 is 9.84 Å². The van der Waals surface area contributed by atoms with E-state index in [2.05, 4.69) is 13.8 Å². The third kappa shape index (κ3) is 2.26. The molecule has 0 aromatic heterocycles. The molecule has 0 saturated heterocycles. The largest absolute Gasteiger partial charge is 0.497 e. The molecule has 100 valence electrons. The van der Waals surface area contributed by atoms with E-state index in [-0.39, 0.29) is 11.5 Å². The van der Waals surface area contributed by atoms with Gasteiger partial charge in [0, 0.05) is 5.41 Å². The summed E-state index contributed by atoms with van der Waals surface area (Å²) >= 11 is 0. The predicted octanol–water partition coefficient (Wildman–Crippen LogP) is 4.01. The van der Waals surface area contributed by atoms with E-state index in [0.717, 1.165) is 36.1 Å². The van der Waals surface area contributed by atoms with Gasteiger partial charge in [-0.1, -0.05) is 25.8 Å². The number of ether oxygens (including phenoxy) is 1. The molecular formula is C16H24O2. The highest BCUT2D eigenvalue weighted by molar-refractivity contribution is 5.37. The predicted molar refractivity (Wildman–Crippen MR) is 73.9 cm³/mol.